The van der Waals surface area contributed by atoms with Crippen molar-refractivity contribution in [2.45, 2.75) is 6.17 Å². The molecule has 0 radical (unpaired) electrons. The fourth-order valence-electron chi connectivity index (χ4n) is 1.04. The summed E-state index contributed by atoms with van der Waals surface area (Å²) in [6.45, 7) is 0. The van der Waals surface area contributed by atoms with Gasteiger partial charge >= 0.3 is 5.97 Å². The van der Waals surface area contributed by atoms with Gasteiger partial charge in [0.2, 0.25) is 5.78 Å². The average molecular weight is 265 g/mol. The predicted octanol–water partition coefficient (Wildman–Crippen LogP) is 2.69. The second-order valence-corrected chi connectivity index (χ2v) is 3.64. The van der Waals surface area contributed by atoms with Crippen molar-refractivity contribution in [3.63, 3.8) is 0 Å². The minimum absolute atomic E-state index is 0.0827. The number of ketones is 1. The van der Waals surface area contributed by atoms with E-state index in [0.717, 1.165) is 7.11 Å². The Morgan fingerprint density at radius 1 is 1.38 bits per heavy atom. The number of hydrogen-bond acceptors (Lipinski definition) is 3. The molecule has 0 aliphatic carbocycles. The van der Waals surface area contributed by atoms with Crippen LogP contribution >= 0.6 is 23.2 Å². The zero-order valence-corrected chi connectivity index (χ0v) is 9.68. The van der Waals surface area contributed by atoms with Gasteiger partial charge in [0.1, 0.15) is 0 Å². The number of alkyl halides is 1. The van der Waals surface area contributed by atoms with E-state index in [1.54, 1.807) is 0 Å². The summed E-state index contributed by atoms with van der Waals surface area (Å²) in [4.78, 5) is 22.3. The molecule has 0 aromatic heterocycles. The van der Waals surface area contributed by atoms with Crippen LogP contribution in [0.15, 0.2) is 18.2 Å². The summed E-state index contributed by atoms with van der Waals surface area (Å²) in [7, 11) is 0.988. The summed E-state index contributed by atoms with van der Waals surface area (Å²) in [5, 5.41) is 0.0327. The van der Waals surface area contributed by atoms with Crippen LogP contribution in [0.4, 0.5) is 4.39 Å². The number of methoxy groups -OCH3 is 1. The summed E-state index contributed by atoms with van der Waals surface area (Å²) in [6.07, 6.45) is -2.39. The number of esters is 1. The number of benzene rings is 1. The van der Waals surface area contributed by atoms with Gasteiger partial charge in [-0.2, -0.15) is 0 Å². The molecule has 0 amide bonds. The first-order chi connectivity index (χ1) is 7.49. The Morgan fingerprint density at radius 3 is 2.56 bits per heavy atom. The van der Waals surface area contributed by atoms with Crippen molar-refractivity contribution in [3.05, 3.63) is 33.8 Å². The van der Waals surface area contributed by atoms with Crippen molar-refractivity contribution >= 4 is 35.0 Å². The lowest BCUT2D eigenvalue weighted by molar-refractivity contribution is -0.144. The Hall–Kier alpha value is -1.13. The van der Waals surface area contributed by atoms with E-state index < -0.39 is 17.9 Å². The van der Waals surface area contributed by atoms with Gasteiger partial charge in [0.25, 0.3) is 6.17 Å². The van der Waals surface area contributed by atoms with E-state index in [4.69, 9.17) is 23.2 Å². The largest absolute Gasteiger partial charge is 0.467 e. The normalized spacial score (nSPS) is 12.0. The molecule has 0 fully saturated rings. The topological polar surface area (TPSA) is 43.4 Å². The van der Waals surface area contributed by atoms with Gasteiger partial charge < -0.3 is 4.74 Å². The monoisotopic (exact) mass is 264 g/mol. The van der Waals surface area contributed by atoms with Gasteiger partial charge in [-0.25, -0.2) is 9.18 Å². The van der Waals surface area contributed by atoms with E-state index in [1.165, 1.54) is 18.2 Å². The van der Waals surface area contributed by atoms with Crippen LogP contribution in [0.1, 0.15) is 10.4 Å². The van der Waals surface area contributed by atoms with Crippen LogP contribution < -0.4 is 0 Å². The molecular formula is C10H7Cl2FO3. The molecule has 0 saturated carbocycles. The molecule has 6 heteroatoms. The van der Waals surface area contributed by atoms with Gasteiger partial charge in [-0.15, -0.1) is 0 Å². The van der Waals surface area contributed by atoms with E-state index in [2.05, 4.69) is 4.74 Å². The number of ether oxygens (including phenoxy) is 1. The number of Topliss-reactive ketones (excluding diaryl/α,β-unsaturated/α-hetero) is 1. The van der Waals surface area contributed by atoms with Crippen molar-refractivity contribution in [2.24, 2.45) is 0 Å². The lowest BCUT2D eigenvalue weighted by Gasteiger charge is -2.07. The molecule has 1 aromatic rings. The first-order valence-electron chi connectivity index (χ1n) is 4.19. The highest BCUT2D eigenvalue weighted by Gasteiger charge is 2.29. The third kappa shape index (κ3) is 2.51. The average Bonchev–Trinajstić information content (AvgIpc) is 2.29. The molecule has 3 nitrogen and oxygen atoms in total. The molecule has 0 bridgehead atoms. The molecule has 1 unspecified atom stereocenters. The molecular weight excluding hydrogens is 258 g/mol. The predicted molar refractivity (Wildman–Crippen MR) is 57.7 cm³/mol. The summed E-state index contributed by atoms with van der Waals surface area (Å²) >= 11 is 11.4. The maximum absolute atomic E-state index is 13.3. The molecule has 0 spiro atoms. The fourth-order valence-corrected chi connectivity index (χ4v) is 1.43. The molecule has 1 aromatic carbocycles. The first kappa shape index (κ1) is 12.9. The molecule has 0 aliphatic rings. The third-order valence-electron chi connectivity index (χ3n) is 1.86. The van der Waals surface area contributed by atoms with Gasteiger partial charge in [0.15, 0.2) is 0 Å². The molecule has 0 aliphatic heterocycles. The first-order valence-corrected chi connectivity index (χ1v) is 4.94. The SMILES string of the molecule is COC(=O)C(F)C(=O)c1cccc(Cl)c1Cl. The molecule has 86 valence electrons. The quantitative estimate of drug-likeness (QED) is 0.479. The zero-order chi connectivity index (χ0) is 12.3. The number of carbonyl (C=O) groups is 2. The number of carbonyl (C=O) groups excluding carboxylic acids is 2. The summed E-state index contributed by atoms with van der Waals surface area (Å²) in [6, 6.07) is 4.17. The second-order valence-electron chi connectivity index (χ2n) is 2.85. The van der Waals surface area contributed by atoms with Crippen LogP contribution in [0.2, 0.25) is 10.0 Å². The summed E-state index contributed by atoms with van der Waals surface area (Å²) in [5.74, 6) is -2.33. The van der Waals surface area contributed by atoms with E-state index >= 15 is 0 Å². The van der Waals surface area contributed by atoms with Gasteiger partial charge in [-0.3, -0.25) is 4.79 Å². The molecule has 1 rings (SSSR count). The van der Waals surface area contributed by atoms with E-state index in [-0.39, 0.29) is 15.6 Å². The van der Waals surface area contributed by atoms with Crippen molar-refractivity contribution in [3.8, 4) is 0 Å². The van der Waals surface area contributed by atoms with Gasteiger partial charge in [0.05, 0.1) is 17.2 Å². The molecule has 0 saturated heterocycles. The van der Waals surface area contributed by atoms with Crippen molar-refractivity contribution < 1.29 is 18.7 Å². The summed E-state index contributed by atoms with van der Waals surface area (Å²) in [5.41, 5.74) is -0.146. The molecule has 0 N–H and O–H groups in total. The zero-order valence-electron chi connectivity index (χ0n) is 8.17. The highest BCUT2D eigenvalue weighted by molar-refractivity contribution is 6.44. The second kappa shape index (κ2) is 5.27. The number of halogens is 3. The molecule has 16 heavy (non-hydrogen) atoms. The fraction of sp³-hybridized carbons (Fsp3) is 0.200. The van der Waals surface area contributed by atoms with Crippen molar-refractivity contribution in [2.75, 3.05) is 7.11 Å². The van der Waals surface area contributed by atoms with Gasteiger partial charge in [0, 0.05) is 5.56 Å². The Morgan fingerprint density at radius 2 is 2.00 bits per heavy atom. The Labute approximate surface area is 101 Å². The standard InChI is InChI=1S/C10H7Cl2FO3/c1-16-10(15)8(13)9(14)5-3-2-4-6(11)7(5)12/h2-4,8H,1H3. The molecule has 0 heterocycles. The van der Waals surface area contributed by atoms with Crippen LogP contribution in [-0.4, -0.2) is 25.0 Å². The lowest BCUT2D eigenvalue weighted by Crippen LogP contribution is -2.27. The van der Waals surface area contributed by atoms with Gasteiger partial charge in [-0.1, -0.05) is 29.3 Å². The van der Waals surface area contributed by atoms with E-state index in [9.17, 15) is 14.0 Å². The van der Waals surface area contributed by atoms with E-state index in [0.29, 0.717) is 0 Å². The van der Waals surface area contributed by atoms with Crippen LogP contribution in [-0.2, 0) is 9.53 Å². The van der Waals surface area contributed by atoms with Crippen LogP contribution in [0.5, 0.6) is 0 Å². The Bertz CT molecular complexity index is 434. The smallest absolute Gasteiger partial charge is 0.348 e. The lowest BCUT2D eigenvalue weighted by atomic mass is 10.1. The Balaban J connectivity index is 3.06. The highest BCUT2D eigenvalue weighted by Crippen LogP contribution is 2.26. The van der Waals surface area contributed by atoms with Crippen molar-refractivity contribution in [1.82, 2.24) is 0 Å². The van der Waals surface area contributed by atoms with Crippen LogP contribution in [0.25, 0.3) is 0 Å². The third-order valence-corrected chi connectivity index (χ3v) is 2.67. The maximum Gasteiger partial charge on any atom is 0.348 e. The van der Waals surface area contributed by atoms with Crippen LogP contribution in [0, 0.1) is 0 Å². The highest BCUT2D eigenvalue weighted by atomic mass is 35.5. The number of rotatable bonds is 3. The molecule has 1 atom stereocenters. The van der Waals surface area contributed by atoms with Crippen molar-refractivity contribution in [1.29, 1.82) is 0 Å². The Kier molecular flexibility index (Phi) is 4.26. The maximum atomic E-state index is 13.3. The number of hydrogen-bond donors (Lipinski definition) is 0. The minimum Gasteiger partial charge on any atom is -0.467 e. The van der Waals surface area contributed by atoms with Crippen LogP contribution in [0.3, 0.4) is 0 Å². The minimum atomic E-state index is -2.39. The van der Waals surface area contributed by atoms with E-state index in [1.807, 2.05) is 0 Å². The summed E-state index contributed by atoms with van der Waals surface area (Å²) < 4.78 is 17.4. The van der Waals surface area contributed by atoms with Gasteiger partial charge in [-0.05, 0) is 12.1 Å².